The number of hydrogen-bond donors (Lipinski definition) is 1. The molecule has 1 atom stereocenters. The molecule has 1 aromatic rings. The molecular weight excluding hydrogens is 336 g/mol. The topological polar surface area (TPSA) is 38.3 Å². The lowest BCUT2D eigenvalue weighted by molar-refractivity contribution is -0.275. The Morgan fingerprint density at radius 2 is 1.64 bits per heavy atom. The van der Waals surface area contributed by atoms with E-state index in [-0.39, 0.29) is 0 Å². The van der Waals surface area contributed by atoms with Crippen LogP contribution >= 0.6 is 0 Å². The minimum Gasteiger partial charge on any atom is -0.404 e. The van der Waals surface area contributed by atoms with Gasteiger partial charge in [-0.05, 0) is 38.5 Å². The fraction of sp³-hybridized carbons (Fsp3) is 0.500. The summed E-state index contributed by atoms with van der Waals surface area (Å²) in [5, 5.41) is 0. The van der Waals surface area contributed by atoms with E-state index >= 15 is 0 Å². The van der Waals surface area contributed by atoms with Gasteiger partial charge in [0.15, 0.2) is 0 Å². The van der Waals surface area contributed by atoms with Crippen LogP contribution in [0.4, 0.5) is 26.3 Å². The van der Waals surface area contributed by atoms with Gasteiger partial charge in [0.25, 0.3) is 0 Å². The molecule has 1 N–H and O–H groups in total. The molecule has 126 valence electrons. The molecule has 22 heavy (non-hydrogen) atoms. The van der Waals surface area contributed by atoms with E-state index in [0.717, 1.165) is 26.0 Å². The largest absolute Gasteiger partial charge is 0.573 e. The predicted molar refractivity (Wildman–Crippen MR) is 67.5 cm³/mol. The number of aryl methyl sites for hydroxylation is 1. The second kappa shape index (κ2) is 6.07. The first-order valence-corrected chi connectivity index (χ1v) is 7.00. The van der Waals surface area contributed by atoms with Crippen LogP contribution in [-0.2, 0) is 11.0 Å². The molecule has 1 aromatic carbocycles. The van der Waals surface area contributed by atoms with E-state index < -0.39 is 39.7 Å². The van der Waals surface area contributed by atoms with E-state index in [0.29, 0.717) is 5.56 Å². The summed E-state index contributed by atoms with van der Waals surface area (Å²) in [6.45, 7) is 2.91. The summed E-state index contributed by atoms with van der Waals surface area (Å²) in [6.07, 6.45) is -9.79. The SMILES string of the molecule is Cc1ccc(S(=O)NC(C)(C)C(F)(F)F)c(OC(F)(F)F)c1. The van der Waals surface area contributed by atoms with E-state index in [1.165, 1.54) is 13.0 Å². The zero-order chi connectivity index (χ0) is 17.3. The lowest BCUT2D eigenvalue weighted by atomic mass is 10.1. The lowest BCUT2D eigenvalue weighted by Crippen LogP contribution is -2.52. The zero-order valence-corrected chi connectivity index (χ0v) is 12.5. The Bertz CT molecular complexity index is 568. The second-order valence-corrected chi connectivity index (χ2v) is 6.17. The average Bonchev–Trinajstić information content (AvgIpc) is 2.23. The molecule has 3 nitrogen and oxygen atoms in total. The van der Waals surface area contributed by atoms with Gasteiger partial charge >= 0.3 is 12.5 Å². The molecule has 0 amide bonds. The van der Waals surface area contributed by atoms with Crippen LogP contribution in [0.3, 0.4) is 0 Å². The van der Waals surface area contributed by atoms with Crippen LogP contribution in [-0.4, -0.2) is 22.3 Å². The summed E-state index contributed by atoms with van der Waals surface area (Å²) in [7, 11) is -2.55. The van der Waals surface area contributed by atoms with Crippen LogP contribution in [0.25, 0.3) is 0 Å². The molecule has 10 heteroatoms. The highest BCUT2D eigenvalue weighted by molar-refractivity contribution is 7.83. The molecule has 1 rings (SSSR count). The molecule has 0 aliphatic heterocycles. The fourth-order valence-electron chi connectivity index (χ4n) is 1.32. The Morgan fingerprint density at radius 1 is 1.09 bits per heavy atom. The molecular formula is C12H13F6NO2S. The van der Waals surface area contributed by atoms with E-state index in [1.54, 1.807) is 4.72 Å². The van der Waals surface area contributed by atoms with Gasteiger partial charge in [-0.2, -0.15) is 13.2 Å². The highest BCUT2D eigenvalue weighted by Gasteiger charge is 2.48. The Labute approximate surface area is 125 Å². The van der Waals surface area contributed by atoms with Crippen molar-refractivity contribution in [3.05, 3.63) is 23.8 Å². The van der Waals surface area contributed by atoms with E-state index in [1.807, 2.05) is 0 Å². The van der Waals surface area contributed by atoms with Gasteiger partial charge in [-0.1, -0.05) is 6.07 Å². The summed E-state index contributed by atoms with van der Waals surface area (Å²) in [5.41, 5.74) is -2.19. The molecule has 0 aliphatic rings. The smallest absolute Gasteiger partial charge is 0.404 e. The van der Waals surface area contributed by atoms with E-state index in [2.05, 4.69) is 4.74 Å². The second-order valence-electron chi connectivity index (χ2n) is 4.99. The standard InChI is InChI=1S/C12H13F6NO2S/c1-7-4-5-9(8(6-7)21-12(16,17)18)22(20)19-10(2,3)11(13,14)15/h4-6,19H,1-3H3. The van der Waals surface area contributed by atoms with Crippen LogP contribution in [0.1, 0.15) is 19.4 Å². The van der Waals surface area contributed by atoms with Crippen LogP contribution in [0.5, 0.6) is 5.75 Å². The van der Waals surface area contributed by atoms with Crippen LogP contribution in [0, 0.1) is 6.92 Å². The Hall–Kier alpha value is -1.29. The van der Waals surface area contributed by atoms with Crippen molar-refractivity contribution in [1.29, 1.82) is 0 Å². The van der Waals surface area contributed by atoms with Gasteiger partial charge in [-0.3, -0.25) is 0 Å². The van der Waals surface area contributed by atoms with Gasteiger partial charge < -0.3 is 4.74 Å². The molecule has 0 bridgehead atoms. The van der Waals surface area contributed by atoms with Crippen molar-refractivity contribution in [2.75, 3.05) is 0 Å². The van der Waals surface area contributed by atoms with Gasteiger partial charge in [0.2, 0.25) is 0 Å². The highest BCUT2D eigenvalue weighted by Crippen LogP contribution is 2.33. The molecule has 0 fully saturated rings. The van der Waals surface area contributed by atoms with Gasteiger partial charge in [0, 0.05) is 0 Å². The maximum atomic E-state index is 12.7. The van der Waals surface area contributed by atoms with Crippen molar-refractivity contribution < 1.29 is 35.3 Å². The van der Waals surface area contributed by atoms with Crippen molar-refractivity contribution in [2.45, 2.75) is 43.7 Å². The minimum absolute atomic E-state index is 0.370. The first-order valence-electron chi connectivity index (χ1n) is 5.86. The summed E-state index contributed by atoms with van der Waals surface area (Å²) in [5.74, 6) is -0.809. The number of benzene rings is 1. The summed E-state index contributed by atoms with van der Waals surface area (Å²) in [6, 6.07) is 3.29. The molecule has 0 saturated carbocycles. The number of alkyl halides is 6. The summed E-state index contributed by atoms with van der Waals surface area (Å²) < 4.78 is 92.6. The lowest BCUT2D eigenvalue weighted by Gasteiger charge is -2.28. The van der Waals surface area contributed by atoms with Crippen molar-refractivity contribution in [2.24, 2.45) is 0 Å². The molecule has 0 heterocycles. The maximum absolute atomic E-state index is 12.7. The predicted octanol–water partition coefficient (Wildman–Crippen LogP) is 3.85. The van der Waals surface area contributed by atoms with Gasteiger partial charge in [0.05, 0.1) is 4.90 Å². The number of rotatable bonds is 4. The fourth-order valence-corrected chi connectivity index (χ4v) is 2.48. The number of ether oxygens (including phenoxy) is 1. The summed E-state index contributed by atoms with van der Waals surface area (Å²) >= 11 is 0. The van der Waals surface area contributed by atoms with E-state index in [9.17, 15) is 30.6 Å². The molecule has 0 spiro atoms. The van der Waals surface area contributed by atoms with Crippen molar-refractivity contribution in [3.63, 3.8) is 0 Å². The number of hydrogen-bond acceptors (Lipinski definition) is 2. The Balaban J connectivity index is 3.14. The molecule has 0 aromatic heterocycles. The van der Waals surface area contributed by atoms with Crippen LogP contribution in [0.2, 0.25) is 0 Å². The molecule has 1 unspecified atom stereocenters. The van der Waals surface area contributed by atoms with Gasteiger partial charge in [-0.25, -0.2) is 8.93 Å². The van der Waals surface area contributed by atoms with Crippen molar-refractivity contribution in [1.82, 2.24) is 4.72 Å². The third-order valence-corrected chi connectivity index (χ3v) is 4.01. The molecule has 0 aliphatic carbocycles. The van der Waals surface area contributed by atoms with Crippen molar-refractivity contribution >= 4 is 11.0 Å². The van der Waals surface area contributed by atoms with Crippen LogP contribution in [0.15, 0.2) is 23.1 Å². The minimum atomic E-state index is -5.05. The Kier molecular flexibility index (Phi) is 5.18. The van der Waals surface area contributed by atoms with E-state index in [4.69, 9.17) is 0 Å². The average molecular weight is 349 g/mol. The maximum Gasteiger partial charge on any atom is 0.573 e. The quantitative estimate of drug-likeness (QED) is 0.839. The molecule has 0 saturated heterocycles. The zero-order valence-electron chi connectivity index (χ0n) is 11.7. The third-order valence-electron chi connectivity index (χ3n) is 2.58. The third kappa shape index (κ3) is 4.87. The van der Waals surface area contributed by atoms with Crippen LogP contribution < -0.4 is 9.46 Å². The summed E-state index contributed by atoms with van der Waals surface area (Å²) in [4.78, 5) is -0.528. The highest BCUT2D eigenvalue weighted by atomic mass is 32.2. The monoisotopic (exact) mass is 349 g/mol. The van der Waals surface area contributed by atoms with Gasteiger partial charge in [-0.15, -0.1) is 13.2 Å². The first-order chi connectivity index (χ1) is 9.73. The normalized spacial score (nSPS) is 14.8. The van der Waals surface area contributed by atoms with Gasteiger partial charge in [0.1, 0.15) is 22.3 Å². The Morgan fingerprint density at radius 3 is 2.09 bits per heavy atom. The number of nitrogens with one attached hydrogen (secondary N) is 1. The number of halogens is 6. The first kappa shape index (κ1) is 18.8. The van der Waals surface area contributed by atoms with Crippen molar-refractivity contribution in [3.8, 4) is 5.75 Å². The molecule has 0 radical (unpaired) electrons.